The minimum absolute atomic E-state index is 0.0779. The number of carbonyl (C=O) groups excluding carboxylic acids is 3. The van der Waals surface area contributed by atoms with Gasteiger partial charge >= 0.3 is 5.97 Å². The number of anilines is 1. The predicted octanol–water partition coefficient (Wildman–Crippen LogP) is 0.938. The second-order valence-electron chi connectivity index (χ2n) is 3.75. The maximum absolute atomic E-state index is 11.5. The van der Waals surface area contributed by atoms with Gasteiger partial charge in [0, 0.05) is 12.1 Å². The largest absolute Gasteiger partial charge is 0.465 e. The van der Waals surface area contributed by atoms with Crippen molar-refractivity contribution in [3.05, 3.63) is 29.8 Å². The molecule has 0 radical (unpaired) electrons. The summed E-state index contributed by atoms with van der Waals surface area (Å²) in [6.07, 6.45) is 0.334. The number of rotatable bonds is 5. The van der Waals surface area contributed by atoms with Crippen LogP contribution in [-0.4, -0.2) is 31.4 Å². The molecule has 0 aliphatic carbocycles. The van der Waals surface area contributed by atoms with Crippen molar-refractivity contribution in [2.45, 2.75) is 13.3 Å². The zero-order chi connectivity index (χ0) is 14.3. The normalized spacial score (nSPS) is 9.58. The molecule has 1 aromatic rings. The second-order valence-corrected chi connectivity index (χ2v) is 3.75. The minimum Gasteiger partial charge on any atom is -0.465 e. The smallest absolute Gasteiger partial charge is 0.337 e. The van der Waals surface area contributed by atoms with Crippen molar-refractivity contribution in [3.8, 4) is 0 Å². The number of nitrogens with one attached hydrogen (secondary N) is 2. The first-order valence-electron chi connectivity index (χ1n) is 5.81. The van der Waals surface area contributed by atoms with Gasteiger partial charge in [-0.1, -0.05) is 6.92 Å². The SMILES string of the molecule is CCC(=O)NCC(=O)Nc1ccc(C(=O)OC)cc1. The van der Waals surface area contributed by atoms with E-state index in [1.807, 2.05) is 0 Å². The third-order valence-electron chi connectivity index (χ3n) is 2.36. The van der Waals surface area contributed by atoms with Crippen LogP contribution in [0.1, 0.15) is 23.7 Å². The Kier molecular flexibility index (Phi) is 5.53. The fraction of sp³-hybridized carbons (Fsp3) is 0.308. The Bertz CT molecular complexity index is 468. The zero-order valence-electron chi connectivity index (χ0n) is 10.9. The van der Waals surface area contributed by atoms with Crippen LogP contribution in [0.2, 0.25) is 0 Å². The van der Waals surface area contributed by atoms with Crippen LogP contribution >= 0.6 is 0 Å². The molecular weight excluding hydrogens is 248 g/mol. The van der Waals surface area contributed by atoms with Crippen molar-refractivity contribution in [3.63, 3.8) is 0 Å². The molecule has 1 aromatic carbocycles. The van der Waals surface area contributed by atoms with E-state index in [0.29, 0.717) is 17.7 Å². The monoisotopic (exact) mass is 264 g/mol. The van der Waals surface area contributed by atoms with Crippen LogP contribution in [0.3, 0.4) is 0 Å². The molecule has 0 unspecified atom stereocenters. The average molecular weight is 264 g/mol. The maximum atomic E-state index is 11.5. The molecule has 0 saturated heterocycles. The Morgan fingerprint density at radius 2 is 1.74 bits per heavy atom. The van der Waals surface area contributed by atoms with E-state index in [9.17, 15) is 14.4 Å². The number of esters is 1. The first-order valence-corrected chi connectivity index (χ1v) is 5.81. The summed E-state index contributed by atoms with van der Waals surface area (Å²) in [5.74, 6) is -0.947. The van der Waals surface area contributed by atoms with Crippen LogP contribution in [-0.2, 0) is 14.3 Å². The Hall–Kier alpha value is -2.37. The van der Waals surface area contributed by atoms with E-state index in [1.54, 1.807) is 31.2 Å². The summed E-state index contributed by atoms with van der Waals surface area (Å²) >= 11 is 0. The van der Waals surface area contributed by atoms with Gasteiger partial charge in [-0.05, 0) is 24.3 Å². The molecule has 0 aliphatic rings. The van der Waals surface area contributed by atoms with Crippen LogP contribution in [0.25, 0.3) is 0 Å². The van der Waals surface area contributed by atoms with Crippen molar-refractivity contribution in [2.24, 2.45) is 0 Å². The van der Waals surface area contributed by atoms with E-state index in [-0.39, 0.29) is 18.4 Å². The molecule has 0 bridgehead atoms. The Labute approximate surface area is 111 Å². The van der Waals surface area contributed by atoms with Gasteiger partial charge in [-0.25, -0.2) is 4.79 Å². The van der Waals surface area contributed by atoms with Crippen molar-refractivity contribution in [1.82, 2.24) is 5.32 Å². The van der Waals surface area contributed by atoms with Crippen molar-refractivity contribution < 1.29 is 19.1 Å². The summed E-state index contributed by atoms with van der Waals surface area (Å²) in [7, 11) is 1.30. The van der Waals surface area contributed by atoms with Crippen molar-refractivity contribution >= 4 is 23.5 Å². The van der Waals surface area contributed by atoms with E-state index < -0.39 is 5.97 Å². The van der Waals surface area contributed by atoms with Crippen LogP contribution in [0, 0.1) is 0 Å². The summed E-state index contributed by atoms with van der Waals surface area (Å²) in [6, 6.07) is 6.27. The molecular formula is C13H16N2O4. The van der Waals surface area contributed by atoms with E-state index in [2.05, 4.69) is 15.4 Å². The highest BCUT2D eigenvalue weighted by Crippen LogP contribution is 2.10. The lowest BCUT2D eigenvalue weighted by Gasteiger charge is -2.06. The Morgan fingerprint density at radius 3 is 2.26 bits per heavy atom. The van der Waals surface area contributed by atoms with E-state index in [4.69, 9.17) is 0 Å². The van der Waals surface area contributed by atoms with Crippen molar-refractivity contribution in [2.75, 3.05) is 19.0 Å². The molecule has 2 N–H and O–H groups in total. The van der Waals surface area contributed by atoms with Gasteiger partial charge in [-0.2, -0.15) is 0 Å². The number of methoxy groups -OCH3 is 1. The quantitative estimate of drug-likeness (QED) is 0.775. The van der Waals surface area contributed by atoms with Gasteiger partial charge in [0.15, 0.2) is 0 Å². The maximum Gasteiger partial charge on any atom is 0.337 e. The highest BCUT2D eigenvalue weighted by molar-refractivity contribution is 5.95. The summed E-state index contributed by atoms with van der Waals surface area (Å²) in [6.45, 7) is 1.63. The number of hydrogen-bond donors (Lipinski definition) is 2. The zero-order valence-corrected chi connectivity index (χ0v) is 10.9. The first-order chi connectivity index (χ1) is 9.06. The lowest BCUT2D eigenvalue weighted by molar-refractivity contribution is -0.123. The molecule has 0 aliphatic heterocycles. The third kappa shape index (κ3) is 4.79. The molecule has 6 nitrogen and oxygen atoms in total. The van der Waals surface area contributed by atoms with E-state index >= 15 is 0 Å². The summed E-state index contributed by atoms with van der Waals surface area (Å²) in [4.78, 5) is 33.7. The Morgan fingerprint density at radius 1 is 1.11 bits per heavy atom. The van der Waals surface area contributed by atoms with Gasteiger partial charge in [-0.15, -0.1) is 0 Å². The molecule has 1 rings (SSSR count). The Balaban J connectivity index is 2.51. The lowest BCUT2D eigenvalue weighted by atomic mass is 10.2. The van der Waals surface area contributed by atoms with E-state index in [0.717, 1.165) is 0 Å². The number of hydrogen-bond acceptors (Lipinski definition) is 4. The highest BCUT2D eigenvalue weighted by atomic mass is 16.5. The molecule has 0 heterocycles. The molecule has 0 saturated carbocycles. The first kappa shape index (κ1) is 14.7. The number of amides is 2. The fourth-order valence-corrected chi connectivity index (χ4v) is 1.32. The molecule has 0 aromatic heterocycles. The molecule has 0 fully saturated rings. The van der Waals surface area contributed by atoms with Crippen LogP contribution in [0.15, 0.2) is 24.3 Å². The van der Waals surface area contributed by atoms with Gasteiger partial charge in [0.2, 0.25) is 11.8 Å². The molecule has 0 atom stereocenters. The third-order valence-corrected chi connectivity index (χ3v) is 2.36. The molecule has 102 valence electrons. The average Bonchev–Trinajstić information content (AvgIpc) is 2.44. The van der Waals surface area contributed by atoms with Crippen molar-refractivity contribution in [1.29, 1.82) is 0 Å². The molecule has 0 spiro atoms. The second kappa shape index (κ2) is 7.15. The summed E-state index contributed by atoms with van der Waals surface area (Å²) < 4.78 is 4.56. The molecule has 6 heteroatoms. The predicted molar refractivity (Wildman–Crippen MR) is 69.7 cm³/mol. The minimum atomic E-state index is -0.437. The van der Waals surface area contributed by atoms with Crippen LogP contribution < -0.4 is 10.6 Å². The van der Waals surface area contributed by atoms with Gasteiger partial charge < -0.3 is 15.4 Å². The topological polar surface area (TPSA) is 84.5 Å². The lowest BCUT2D eigenvalue weighted by Crippen LogP contribution is -2.32. The summed E-state index contributed by atoms with van der Waals surface area (Å²) in [5.41, 5.74) is 0.947. The number of benzene rings is 1. The van der Waals surface area contributed by atoms with Gasteiger partial charge in [0.25, 0.3) is 0 Å². The highest BCUT2D eigenvalue weighted by Gasteiger charge is 2.07. The number of ether oxygens (including phenoxy) is 1. The molecule has 2 amide bonds. The summed E-state index contributed by atoms with van der Waals surface area (Å²) in [5, 5.41) is 5.07. The van der Waals surface area contributed by atoms with Crippen LogP contribution in [0.4, 0.5) is 5.69 Å². The molecule has 19 heavy (non-hydrogen) atoms. The van der Waals surface area contributed by atoms with Gasteiger partial charge in [0.05, 0.1) is 19.2 Å². The van der Waals surface area contributed by atoms with Crippen LogP contribution in [0.5, 0.6) is 0 Å². The van der Waals surface area contributed by atoms with E-state index in [1.165, 1.54) is 7.11 Å². The standard InChI is InChI=1S/C13H16N2O4/c1-3-11(16)14-8-12(17)15-10-6-4-9(5-7-10)13(18)19-2/h4-7H,3,8H2,1-2H3,(H,14,16)(H,15,17). The fourth-order valence-electron chi connectivity index (χ4n) is 1.32. The van der Waals surface area contributed by atoms with Gasteiger partial charge in [0.1, 0.15) is 0 Å². The van der Waals surface area contributed by atoms with Gasteiger partial charge in [-0.3, -0.25) is 9.59 Å². The number of carbonyl (C=O) groups is 3.